The smallest absolute Gasteiger partial charge is 0.402 e. The monoisotopic (exact) mass is 1620 g/mol. The summed E-state index contributed by atoms with van der Waals surface area (Å²) in [6.45, 7) is -3.68. The summed E-state index contributed by atoms with van der Waals surface area (Å²) in [4.78, 5) is 61.8. The van der Waals surface area contributed by atoms with Crippen LogP contribution < -0.4 is 23.7 Å². The van der Waals surface area contributed by atoms with E-state index < -0.39 is 252 Å². The third-order valence-corrected chi connectivity index (χ3v) is 18.6. The first-order valence-electron chi connectivity index (χ1n) is 35.1. The van der Waals surface area contributed by atoms with Gasteiger partial charge in [-0.3, -0.25) is 9.59 Å². The Hall–Kier alpha value is -10.4. The van der Waals surface area contributed by atoms with E-state index in [4.69, 9.17) is 75.8 Å². The van der Waals surface area contributed by atoms with Gasteiger partial charge in [0, 0.05) is 36.4 Å². The summed E-state index contributed by atoms with van der Waals surface area (Å²) in [5, 5.41) is 212. The molecule has 6 heterocycles. The van der Waals surface area contributed by atoms with Crippen LogP contribution in [-0.4, -0.2) is 319 Å². The minimum Gasteiger partial charge on any atom is -0.508 e. The topological polar surface area (TPSA) is 630 Å². The Balaban J connectivity index is 0.731. The van der Waals surface area contributed by atoms with Crippen LogP contribution in [0, 0.1) is 0 Å². The van der Waals surface area contributed by atoms with Crippen molar-refractivity contribution in [2.75, 3.05) is 33.0 Å². The molecule has 115 heavy (non-hydrogen) atoms. The van der Waals surface area contributed by atoms with Crippen molar-refractivity contribution in [3.05, 3.63) is 144 Å². The highest BCUT2D eigenvalue weighted by atomic mass is 16.7. The molecule has 25 atom stereocenters. The number of ether oxygens (including phenoxy) is 14. The van der Waals surface area contributed by atoms with Gasteiger partial charge < -0.3 is 168 Å². The first-order chi connectivity index (χ1) is 54.8. The van der Waals surface area contributed by atoms with E-state index in [1.54, 1.807) is 0 Å². The number of aliphatic hydroxyl groups excluding tert-OH is 16. The number of carboxylic acid groups (broad SMARTS) is 1. The zero-order valence-corrected chi connectivity index (χ0v) is 59.6. The number of carboxylic acids is 1. The number of fused-ring (bicyclic) bond motifs is 1. The molecule has 0 spiro atoms. The van der Waals surface area contributed by atoms with Crippen LogP contribution in [0.15, 0.2) is 132 Å². The van der Waals surface area contributed by atoms with Crippen molar-refractivity contribution >= 4 is 59.0 Å². The molecule has 620 valence electrons. The largest absolute Gasteiger partial charge is 0.508 e. The van der Waals surface area contributed by atoms with E-state index in [1.807, 2.05) is 0 Å². The molecule has 0 bridgehead atoms. The Morgan fingerprint density at radius 3 is 1.12 bits per heavy atom. The molecule has 0 radical (unpaired) electrons. The van der Waals surface area contributed by atoms with Gasteiger partial charge in [0.05, 0.1) is 18.2 Å². The highest BCUT2D eigenvalue weighted by Gasteiger charge is 2.51. The Kier molecular flexibility index (Phi) is 28.2. The number of aliphatic carboxylic acids is 1. The van der Waals surface area contributed by atoms with Crippen LogP contribution in [0.3, 0.4) is 0 Å². The molecule has 6 aromatic rings. The number of aliphatic hydroxyl groups is 16. The summed E-state index contributed by atoms with van der Waals surface area (Å²) in [5.41, 5.74) is 0.801. The van der Waals surface area contributed by atoms with Crippen LogP contribution >= 0.6 is 0 Å². The van der Waals surface area contributed by atoms with Crippen molar-refractivity contribution in [2.45, 2.75) is 160 Å². The molecule has 0 amide bonds. The van der Waals surface area contributed by atoms with Crippen molar-refractivity contribution in [3.63, 3.8) is 0 Å². The molecule has 5 aromatic carbocycles. The number of esters is 4. The summed E-state index contributed by atoms with van der Waals surface area (Å²) < 4.78 is 84.4. The van der Waals surface area contributed by atoms with Gasteiger partial charge in [-0.2, -0.15) is 0 Å². The lowest BCUT2D eigenvalue weighted by molar-refractivity contribution is -0.278. The summed E-state index contributed by atoms with van der Waals surface area (Å²) in [6, 6.07) is 23.7. The van der Waals surface area contributed by atoms with Gasteiger partial charge >= 0.3 is 41.2 Å². The quantitative estimate of drug-likeness (QED) is 0.00737. The number of benzene rings is 5. The van der Waals surface area contributed by atoms with E-state index in [-0.39, 0.29) is 39.5 Å². The van der Waals surface area contributed by atoms with Crippen LogP contribution in [0.2, 0.25) is 0 Å². The Labute approximate surface area is 648 Å². The van der Waals surface area contributed by atoms with Gasteiger partial charge in [-0.25, -0.2) is 18.8 Å². The lowest BCUT2D eigenvalue weighted by Gasteiger charge is -2.40. The maximum absolute atomic E-state index is 13.1. The first-order valence-corrected chi connectivity index (χ1v) is 35.1. The number of carbonyl (C=O) groups excluding carboxylic acids is 4. The summed E-state index contributed by atoms with van der Waals surface area (Å²) in [5.74, 6) is -8.85. The normalized spacial score (nSPS) is 31.6. The Bertz CT molecular complexity index is 4420. The molecule has 20 N–H and O–H groups in total. The molecule has 1 aromatic heterocycles. The average molecular weight is 1620 g/mol. The van der Waals surface area contributed by atoms with Crippen LogP contribution in [0.5, 0.6) is 46.0 Å². The minimum atomic E-state index is -2.14. The zero-order chi connectivity index (χ0) is 82.8. The van der Waals surface area contributed by atoms with Crippen molar-refractivity contribution in [3.8, 4) is 57.3 Å². The van der Waals surface area contributed by atoms with E-state index in [0.717, 1.165) is 48.6 Å². The number of rotatable bonds is 28. The third-order valence-electron chi connectivity index (χ3n) is 18.6. The van der Waals surface area contributed by atoms with E-state index in [0.29, 0.717) is 16.7 Å². The van der Waals surface area contributed by atoms with E-state index in [9.17, 15) is 121 Å². The van der Waals surface area contributed by atoms with E-state index in [1.165, 1.54) is 97.1 Å². The molecule has 5 saturated heterocycles. The number of hydrogen-bond acceptors (Lipinski definition) is 38. The molecular weight excluding hydrogens is 1540 g/mol. The molecule has 40 nitrogen and oxygen atoms in total. The standard InChI is InChI=1S/C75H80O40/c76-26-45-55(86)60(91)65(96)71(111-45)105-36-13-3-32(4-14-36)8-19-52(83)101-27-46-56(87)61(92)66(97)72(112-46)106-37-15-5-33(6-16-37)9-20-53(84)103-29-48-58(89)63(94)68(99)74(114-48)109-43-21-34(10-17-40(43)78)70-44(110-75-69(100)64(95)59(90)49(115-75)30-104-54(85)25-50(80)81)24-39-41(79)22-38(23-42(39)108-70)107-73-67(98)62(93)57(88)47(113-73)28-102-51(82)18-7-31-1-11-35(77)12-2-31/h1-24,45-49,55-69,71-76,86-100H,25-30H2,(H3-,77,78,79,80,81,82)/p+1/b19-8+,20-9+/t45-,46-,47-,48-,49-,55-,56-,57-,58-,59-,60+,61+,62+,63+,64+,65-,66-,67-,68-,69-,71-,72-,73-,74-,75-/m1/s1. The van der Waals surface area contributed by atoms with Crippen LogP contribution in [0.25, 0.3) is 40.5 Å². The predicted octanol–water partition coefficient (Wildman–Crippen LogP) is -3.79. The molecule has 11 rings (SSSR count). The molecular formula is C75H81O40+. The third kappa shape index (κ3) is 21.0. The summed E-state index contributed by atoms with van der Waals surface area (Å²) in [7, 11) is 0. The average Bonchev–Trinajstić information content (AvgIpc) is 0.763. The number of hydrogen-bond donors (Lipinski definition) is 20. The highest BCUT2D eigenvalue weighted by molar-refractivity contribution is 5.91. The lowest BCUT2D eigenvalue weighted by Crippen LogP contribution is -2.60. The maximum Gasteiger partial charge on any atom is 0.402 e. The fourth-order valence-electron chi connectivity index (χ4n) is 12.1. The Morgan fingerprint density at radius 2 is 0.722 bits per heavy atom. The van der Waals surface area contributed by atoms with Gasteiger partial charge in [-0.05, 0) is 83.4 Å². The number of phenolic OH excluding ortho intramolecular Hbond substituents is 3. The molecule has 5 fully saturated rings. The van der Waals surface area contributed by atoms with Crippen molar-refractivity contribution in [1.29, 1.82) is 0 Å². The van der Waals surface area contributed by atoms with Gasteiger partial charge in [-0.1, -0.05) is 36.4 Å². The fourth-order valence-corrected chi connectivity index (χ4v) is 12.1. The molecule has 5 aliphatic heterocycles. The van der Waals surface area contributed by atoms with Crippen LogP contribution in [0.1, 0.15) is 23.1 Å². The van der Waals surface area contributed by atoms with Crippen LogP contribution in [0.4, 0.5) is 0 Å². The summed E-state index contributed by atoms with van der Waals surface area (Å²) in [6.07, 6.45) is -39.2. The molecule has 40 heteroatoms. The van der Waals surface area contributed by atoms with Gasteiger partial charge in [0.2, 0.25) is 37.2 Å². The SMILES string of the molecule is O=C(O)CC(=O)OC[C@H]1O[C@@H](Oc2cc3c(O)cc(O[C@@H]4O[C@H](COC(=O)C=Cc5ccc(O)cc5)[C@@H](O)[C@H](O)[C@H]4O)cc3[o+]c2-c2ccc(O)c(O[C@@H]3O[C@H](COC(=O)/C=C/c4ccc(O[C@@H]5O[C@H](COC(=O)/C=C/c6ccc(O[C@@H]7O[C@H](CO)[C@@H](O)[C@H](O)[C@H]7O)cc6)[C@@H](O)[C@H](O)[C@H]5O)cc4)[C@@H](O)[C@H](O)[C@H]3O)c2)[C@H](O)[C@@H](O)[C@@H]1O. The van der Waals surface area contributed by atoms with Crippen molar-refractivity contribution in [2.24, 2.45) is 0 Å². The van der Waals surface area contributed by atoms with Gasteiger partial charge in [-0.15, -0.1) is 0 Å². The van der Waals surface area contributed by atoms with Crippen molar-refractivity contribution < 1.29 is 197 Å². The molecule has 0 aliphatic carbocycles. The lowest BCUT2D eigenvalue weighted by atomic mass is 9.99. The fraction of sp³-hybridized carbons (Fsp3) is 0.413. The first kappa shape index (κ1) is 85.5. The number of aromatic hydroxyl groups is 3. The Morgan fingerprint density at radius 1 is 0.365 bits per heavy atom. The highest BCUT2D eigenvalue weighted by Crippen LogP contribution is 2.44. The van der Waals surface area contributed by atoms with Gasteiger partial charge in [0.1, 0.15) is 189 Å². The van der Waals surface area contributed by atoms with E-state index >= 15 is 0 Å². The second-order valence-corrected chi connectivity index (χ2v) is 26.7. The summed E-state index contributed by atoms with van der Waals surface area (Å²) >= 11 is 0. The maximum atomic E-state index is 13.1. The van der Waals surface area contributed by atoms with E-state index in [2.05, 4.69) is 0 Å². The second-order valence-electron chi connectivity index (χ2n) is 26.7. The number of carbonyl (C=O) groups is 5. The number of phenols is 3. The van der Waals surface area contributed by atoms with Gasteiger partial charge in [0.15, 0.2) is 11.5 Å². The molecule has 0 saturated carbocycles. The predicted molar refractivity (Wildman–Crippen MR) is 377 cm³/mol. The zero-order valence-electron chi connectivity index (χ0n) is 59.6. The van der Waals surface area contributed by atoms with Gasteiger partial charge in [0.25, 0.3) is 0 Å². The molecule has 0 unspecified atom stereocenters. The molecule has 5 aliphatic rings. The minimum absolute atomic E-state index is 0.0226. The second kappa shape index (κ2) is 37.9. The van der Waals surface area contributed by atoms with Crippen LogP contribution in [-0.2, 0) is 66.6 Å². The van der Waals surface area contributed by atoms with Crippen molar-refractivity contribution in [1.82, 2.24) is 0 Å².